The lowest BCUT2D eigenvalue weighted by atomic mass is 10.5. The Bertz CT molecular complexity index is 153. The Balaban J connectivity index is 2.89. The first kappa shape index (κ1) is 14.8. The lowest BCUT2D eigenvalue weighted by molar-refractivity contribution is -0.299. The maximum absolute atomic E-state index is 10.2. The van der Waals surface area contributed by atoms with Crippen LogP contribution in [-0.2, 0) is 24.0 Å². The maximum atomic E-state index is 10.2. The third-order valence-corrected chi connectivity index (χ3v) is 1.38. The van der Waals surface area contributed by atoms with E-state index in [1.54, 1.807) is 0 Å². The van der Waals surface area contributed by atoms with E-state index in [0.717, 1.165) is 6.42 Å². The lowest BCUT2D eigenvalue weighted by Crippen LogP contribution is -2.11. The molecule has 0 atom stereocenters. The summed E-state index contributed by atoms with van der Waals surface area (Å²) in [5, 5.41) is -0.508. The highest BCUT2D eigenvalue weighted by Crippen LogP contribution is 1.85. The van der Waals surface area contributed by atoms with Crippen LogP contribution in [0.1, 0.15) is 13.3 Å². The van der Waals surface area contributed by atoms with Crippen LogP contribution in [0.15, 0.2) is 0 Å². The summed E-state index contributed by atoms with van der Waals surface area (Å²) in [7, 11) is 0. The number of hydrogen-bond acceptors (Lipinski definition) is 5. The molecule has 5 nitrogen and oxygen atoms in total. The molecule has 0 aromatic rings. The highest BCUT2D eigenvalue weighted by atomic mass is 35.5. The standard InChI is InChI=1S/C9H17ClO5/c1-2-3-14-15-7-6-12-4-5-13-8-9(10)11/h2-8H2,1H3. The van der Waals surface area contributed by atoms with Gasteiger partial charge in [-0.25, -0.2) is 9.78 Å². The smallest absolute Gasteiger partial charge is 0.247 e. The van der Waals surface area contributed by atoms with E-state index in [0.29, 0.717) is 33.0 Å². The molecular formula is C9H17ClO5. The molecule has 0 saturated heterocycles. The minimum absolute atomic E-state index is 0.0823. The monoisotopic (exact) mass is 240 g/mol. The molecule has 0 N–H and O–H groups in total. The van der Waals surface area contributed by atoms with Gasteiger partial charge in [0.1, 0.15) is 13.2 Å². The van der Waals surface area contributed by atoms with Crippen molar-refractivity contribution in [3.63, 3.8) is 0 Å². The van der Waals surface area contributed by atoms with Crippen LogP contribution in [-0.4, -0.2) is 44.9 Å². The predicted octanol–water partition coefficient (Wildman–Crippen LogP) is 1.14. The van der Waals surface area contributed by atoms with Gasteiger partial charge in [0.25, 0.3) is 0 Å². The molecule has 90 valence electrons. The summed E-state index contributed by atoms with van der Waals surface area (Å²) >= 11 is 5.05. The Morgan fingerprint density at radius 3 is 2.27 bits per heavy atom. The van der Waals surface area contributed by atoms with Gasteiger partial charge in [0.15, 0.2) is 0 Å². The van der Waals surface area contributed by atoms with Crippen molar-refractivity contribution in [3.8, 4) is 0 Å². The van der Waals surface area contributed by atoms with Crippen molar-refractivity contribution in [2.75, 3.05) is 39.6 Å². The molecule has 0 fully saturated rings. The van der Waals surface area contributed by atoms with Gasteiger partial charge < -0.3 is 9.47 Å². The zero-order chi connectivity index (χ0) is 11.4. The molecule has 0 rings (SSSR count). The number of hydrogen-bond donors (Lipinski definition) is 0. The highest BCUT2D eigenvalue weighted by Gasteiger charge is 1.95. The molecule has 15 heavy (non-hydrogen) atoms. The Hall–Kier alpha value is -0.200. The van der Waals surface area contributed by atoms with Gasteiger partial charge in [-0.3, -0.25) is 4.79 Å². The van der Waals surface area contributed by atoms with Crippen molar-refractivity contribution in [2.24, 2.45) is 0 Å². The van der Waals surface area contributed by atoms with Gasteiger partial charge in [-0.1, -0.05) is 6.92 Å². The van der Waals surface area contributed by atoms with Crippen LogP contribution in [0.2, 0.25) is 0 Å². The zero-order valence-electron chi connectivity index (χ0n) is 8.87. The fourth-order valence-electron chi connectivity index (χ4n) is 0.666. The predicted molar refractivity (Wildman–Crippen MR) is 54.7 cm³/mol. The van der Waals surface area contributed by atoms with Crippen molar-refractivity contribution >= 4 is 16.8 Å². The molecule has 0 saturated carbocycles. The van der Waals surface area contributed by atoms with Crippen LogP contribution in [0, 0.1) is 0 Å². The van der Waals surface area contributed by atoms with Crippen LogP contribution in [0.4, 0.5) is 0 Å². The minimum Gasteiger partial charge on any atom is -0.377 e. The maximum Gasteiger partial charge on any atom is 0.247 e. The van der Waals surface area contributed by atoms with Crippen molar-refractivity contribution in [1.29, 1.82) is 0 Å². The molecule has 0 heterocycles. The second-order valence-corrected chi connectivity index (χ2v) is 3.09. The van der Waals surface area contributed by atoms with Crippen molar-refractivity contribution in [2.45, 2.75) is 13.3 Å². The third kappa shape index (κ3) is 13.8. The Morgan fingerprint density at radius 2 is 1.60 bits per heavy atom. The molecule has 0 amide bonds. The molecular weight excluding hydrogens is 224 g/mol. The second kappa shape index (κ2) is 11.9. The van der Waals surface area contributed by atoms with Gasteiger partial charge in [0.05, 0.1) is 26.4 Å². The van der Waals surface area contributed by atoms with Gasteiger partial charge in [-0.05, 0) is 18.0 Å². The van der Waals surface area contributed by atoms with Gasteiger partial charge in [-0.15, -0.1) is 0 Å². The summed E-state index contributed by atoms with van der Waals surface area (Å²) in [6.45, 7) is 4.06. The fraction of sp³-hybridized carbons (Fsp3) is 0.889. The second-order valence-electron chi connectivity index (χ2n) is 2.66. The first-order chi connectivity index (χ1) is 7.27. The Kier molecular flexibility index (Phi) is 11.7. The molecule has 0 spiro atoms. The highest BCUT2D eigenvalue weighted by molar-refractivity contribution is 6.63. The van der Waals surface area contributed by atoms with Crippen LogP contribution >= 0.6 is 11.6 Å². The van der Waals surface area contributed by atoms with Crippen LogP contribution < -0.4 is 0 Å². The van der Waals surface area contributed by atoms with Gasteiger partial charge >= 0.3 is 0 Å². The Labute approximate surface area is 94.5 Å². The topological polar surface area (TPSA) is 54.0 Å². The zero-order valence-corrected chi connectivity index (χ0v) is 9.62. The average Bonchev–Trinajstić information content (AvgIpc) is 2.20. The summed E-state index contributed by atoms with van der Waals surface area (Å²) in [6.07, 6.45) is 0.918. The number of halogens is 1. The van der Waals surface area contributed by atoms with E-state index in [2.05, 4.69) is 0 Å². The number of carbonyl (C=O) groups is 1. The largest absolute Gasteiger partial charge is 0.377 e. The average molecular weight is 241 g/mol. The minimum atomic E-state index is -0.508. The summed E-state index contributed by atoms with van der Waals surface area (Å²) in [5.74, 6) is 0. The molecule has 0 aliphatic heterocycles. The lowest BCUT2D eigenvalue weighted by Gasteiger charge is -2.04. The van der Waals surface area contributed by atoms with E-state index < -0.39 is 5.24 Å². The van der Waals surface area contributed by atoms with Crippen LogP contribution in [0.25, 0.3) is 0 Å². The fourth-order valence-corrected chi connectivity index (χ4v) is 0.744. The first-order valence-corrected chi connectivity index (χ1v) is 5.23. The van der Waals surface area contributed by atoms with E-state index in [4.69, 9.17) is 30.8 Å². The number of rotatable bonds is 11. The van der Waals surface area contributed by atoms with E-state index in [-0.39, 0.29) is 6.61 Å². The van der Waals surface area contributed by atoms with Gasteiger partial charge in [0, 0.05) is 0 Å². The summed E-state index contributed by atoms with van der Waals surface area (Å²) in [4.78, 5) is 19.8. The van der Waals surface area contributed by atoms with Gasteiger partial charge in [0.2, 0.25) is 5.24 Å². The summed E-state index contributed by atoms with van der Waals surface area (Å²) in [5.41, 5.74) is 0. The van der Waals surface area contributed by atoms with Crippen LogP contribution in [0.5, 0.6) is 0 Å². The number of ether oxygens (including phenoxy) is 2. The van der Waals surface area contributed by atoms with E-state index >= 15 is 0 Å². The number of carbonyl (C=O) groups excluding carboxylic acids is 1. The first-order valence-electron chi connectivity index (χ1n) is 4.85. The molecule has 0 radical (unpaired) electrons. The normalized spacial score (nSPS) is 10.5. The third-order valence-electron chi connectivity index (χ3n) is 1.27. The van der Waals surface area contributed by atoms with Crippen molar-refractivity contribution in [3.05, 3.63) is 0 Å². The molecule has 0 aromatic heterocycles. The molecule has 0 aromatic carbocycles. The Morgan fingerprint density at radius 1 is 1.00 bits per heavy atom. The van der Waals surface area contributed by atoms with E-state index in [1.165, 1.54) is 0 Å². The van der Waals surface area contributed by atoms with E-state index in [1.807, 2.05) is 6.92 Å². The van der Waals surface area contributed by atoms with Crippen LogP contribution in [0.3, 0.4) is 0 Å². The molecule has 6 heteroatoms. The quantitative estimate of drug-likeness (QED) is 0.235. The molecule has 0 unspecified atom stereocenters. The van der Waals surface area contributed by atoms with Gasteiger partial charge in [-0.2, -0.15) is 0 Å². The molecule has 0 aliphatic carbocycles. The van der Waals surface area contributed by atoms with Crippen molar-refractivity contribution < 1.29 is 24.0 Å². The molecule has 0 aliphatic rings. The summed E-state index contributed by atoms with van der Waals surface area (Å²) in [6, 6.07) is 0. The van der Waals surface area contributed by atoms with Crippen molar-refractivity contribution in [1.82, 2.24) is 0 Å². The SMILES string of the molecule is CCCOOCCOCCOCC(=O)Cl. The molecule has 0 bridgehead atoms. The van der Waals surface area contributed by atoms with E-state index in [9.17, 15) is 4.79 Å². The summed E-state index contributed by atoms with van der Waals surface area (Å²) < 4.78 is 9.97.